The number of carbonyl (C=O) groups is 3. The molecule has 0 N–H and O–H groups in total. The van der Waals surface area contributed by atoms with E-state index in [1.807, 2.05) is 36.4 Å². The van der Waals surface area contributed by atoms with E-state index in [1.165, 1.54) is 12.0 Å². The third kappa shape index (κ3) is 5.30. The van der Waals surface area contributed by atoms with Crippen molar-refractivity contribution in [3.05, 3.63) is 108 Å². The highest BCUT2D eigenvalue weighted by atomic mass is 28.4. The molecule has 8 heteroatoms. The topological polar surface area (TPSA) is 82.1 Å². The minimum atomic E-state index is -2.94. The van der Waals surface area contributed by atoms with Gasteiger partial charge in [0.05, 0.1) is 43.4 Å². The zero-order valence-electron chi connectivity index (χ0n) is 23.8. The Labute approximate surface area is 241 Å². The number of nitrogens with zero attached hydrogens (tertiary/aromatic N) is 1. The number of hydrogen-bond acceptors (Lipinski definition) is 6. The van der Waals surface area contributed by atoms with Gasteiger partial charge in [-0.25, -0.2) is 0 Å². The number of carbonyl (C=O) groups excluding carboxylic acids is 3. The third-order valence-electron chi connectivity index (χ3n) is 7.85. The number of hydrogen-bond donors (Lipinski definition) is 0. The lowest BCUT2D eigenvalue weighted by atomic mass is 10.0. The van der Waals surface area contributed by atoms with Crippen molar-refractivity contribution >= 4 is 36.5 Å². The summed E-state index contributed by atoms with van der Waals surface area (Å²) in [5.41, 5.74) is 0.739. The molecule has 0 unspecified atom stereocenters. The van der Waals surface area contributed by atoms with Gasteiger partial charge in [0.1, 0.15) is 6.10 Å². The number of esters is 1. The summed E-state index contributed by atoms with van der Waals surface area (Å²) in [5.74, 6) is -1.15. The Morgan fingerprint density at radius 2 is 1.34 bits per heavy atom. The highest BCUT2D eigenvalue weighted by Crippen LogP contribution is 2.38. The summed E-state index contributed by atoms with van der Waals surface area (Å²) in [6, 6.07) is 26.6. The Morgan fingerprint density at radius 3 is 1.83 bits per heavy atom. The second kappa shape index (κ2) is 11.6. The van der Waals surface area contributed by atoms with Crippen LogP contribution in [0, 0.1) is 0 Å². The van der Waals surface area contributed by atoms with E-state index in [9.17, 15) is 14.4 Å². The Balaban J connectivity index is 1.54. The summed E-state index contributed by atoms with van der Waals surface area (Å²) in [4.78, 5) is 40.3. The molecule has 5 rings (SSSR count). The van der Waals surface area contributed by atoms with Crippen molar-refractivity contribution in [2.45, 2.75) is 50.5 Å². The molecule has 2 amide bonds. The molecule has 0 spiro atoms. The monoisotopic (exact) mass is 569 g/mol. The van der Waals surface area contributed by atoms with Gasteiger partial charge < -0.3 is 13.9 Å². The van der Waals surface area contributed by atoms with E-state index in [0.29, 0.717) is 11.1 Å². The van der Waals surface area contributed by atoms with Crippen LogP contribution >= 0.6 is 0 Å². The van der Waals surface area contributed by atoms with E-state index in [4.69, 9.17) is 13.9 Å². The molecule has 41 heavy (non-hydrogen) atoms. The molecule has 0 fully saturated rings. The molecule has 2 aliphatic heterocycles. The second-order valence-electron chi connectivity index (χ2n) is 11.4. The van der Waals surface area contributed by atoms with Crippen LogP contribution in [0.25, 0.3) is 0 Å². The molecule has 7 nitrogen and oxygen atoms in total. The molecule has 0 saturated carbocycles. The maximum atomic E-state index is 13.5. The summed E-state index contributed by atoms with van der Waals surface area (Å²) in [7, 11) is -1.61. The van der Waals surface area contributed by atoms with Crippen LogP contribution in [-0.2, 0) is 18.7 Å². The Morgan fingerprint density at radius 1 is 0.829 bits per heavy atom. The van der Waals surface area contributed by atoms with Crippen molar-refractivity contribution in [2.24, 2.45) is 0 Å². The molecule has 0 saturated heterocycles. The maximum Gasteiger partial charge on any atom is 0.308 e. The molecule has 0 aromatic heterocycles. The number of amides is 2. The van der Waals surface area contributed by atoms with Crippen LogP contribution in [0.2, 0.25) is 5.04 Å². The lowest BCUT2D eigenvalue weighted by Gasteiger charge is -2.45. The standard InChI is InChI=1S/C33H35NO6Si/c1-33(2,3)41(24-13-7-5-8-14-24,25-15-9-6-10-16-25)39-22-29-28(20-19-23(40-29)21-30(35)38-4)34-31(36)26-17-11-12-18-27(26)32(34)37/h5-20,23,28-29H,21-22H2,1-4H3/t23-,28+,29-/m1/s1. The molecule has 2 aliphatic rings. The fourth-order valence-corrected chi connectivity index (χ4v) is 10.5. The van der Waals surface area contributed by atoms with Gasteiger partial charge in [0, 0.05) is 0 Å². The number of methoxy groups -OCH3 is 1. The Kier molecular flexibility index (Phi) is 8.08. The Hall–Kier alpha value is -3.85. The number of fused-ring (bicyclic) bond motifs is 1. The first-order valence-corrected chi connectivity index (χ1v) is 15.7. The lowest BCUT2D eigenvalue weighted by Crippen LogP contribution is -2.67. The zero-order valence-corrected chi connectivity index (χ0v) is 24.8. The molecule has 0 aliphatic carbocycles. The van der Waals surface area contributed by atoms with Crippen molar-refractivity contribution in [3.8, 4) is 0 Å². The van der Waals surface area contributed by atoms with Crippen molar-refractivity contribution in [1.29, 1.82) is 0 Å². The fourth-order valence-electron chi connectivity index (χ4n) is 5.91. The highest BCUT2D eigenvalue weighted by Gasteiger charge is 2.52. The van der Waals surface area contributed by atoms with Gasteiger partial charge in [-0.1, -0.05) is 106 Å². The molecule has 3 aromatic rings. The van der Waals surface area contributed by atoms with Gasteiger partial charge in [0.25, 0.3) is 20.1 Å². The predicted molar refractivity (Wildman–Crippen MR) is 159 cm³/mol. The van der Waals surface area contributed by atoms with Crippen LogP contribution in [0.15, 0.2) is 97.1 Å². The fraction of sp³-hybridized carbons (Fsp3) is 0.303. The quantitative estimate of drug-likeness (QED) is 0.176. The van der Waals surface area contributed by atoms with E-state index < -0.39 is 32.5 Å². The van der Waals surface area contributed by atoms with Crippen molar-refractivity contribution in [3.63, 3.8) is 0 Å². The molecular weight excluding hydrogens is 534 g/mol. The van der Waals surface area contributed by atoms with Crippen LogP contribution in [0.1, 0.15) is 47.9 Å². The first kappa shape index (κ1) is 28.7. The van der Waals surface area contributed by atoms with Crippen molar-refractivity contribution < 1.29 is 28.3 Å². The highest BCUT2D eigenvalue weighted by molar-refractivity contribution is 6.99. The first-order chi connectivity index (χ1) is 19.7. The van der Waals surface area contributed by atoms with Gasteiger partial charge in [-0.2, -0.15) is 0 Å². The van der Waals surface area contributed by atoms with E-state index in [2.05, 4.69) is 45.0 Å². The summed E-state index contributed by atoms with van der Waals surface area (Å²) in [6.07, 6.45) is 2.24. The maximum absolute atomic E-state index is 13.5. The lowest BCUT2D eigenvalue weighted by molar-refractivity contribution is -0.145. The van der Waals surface area contributed by atoms with Gasteiger partial charge in [0.15, 0.2) is 0 Å². The van der Waals surface area contributed by atoms with E-state index in [-0.39, 0.29) is 29.9 Å². The van der Waals surface area contributed by atoms with E-state index in [1.54, 1.807) is 36.4 Å². The normalized spacial score (nSPS) is 20.7. The minimum Gasteiger partial charge on any atom is -0.469 e. The van der Waals surface area contributed by atoms with Crippen LogP contribution in [0.4, 0.5) is 0 Å². The average molecular weight is 570 g/mol. The van der Waals surface area contributed by atoms with Gasteiger partial charge in [0.2, 0.25) is 0 Å². The smallest absolute Gasteiger partial charge is 0.308 e. The van der Waals surface area contributed by atoms with Gasteiger partial charge >= 0.3 is 5.97 Å². The van der Waals surface area contributed by atoms with E-state index in [0.717, 1.165) is 10.4 Å². The van der Waals surface area contributed by atoms with Gasteiger partial charge in [-0.3, -0.25) is 19.3 Å². The number of benzene rings is 3. The first-order valence-electron chi connectivity index (χ1n) is 13.8. The number of ether oxygens (including phenoxy) is 2. The number of rotatable bonds is 8. The van der Waals surface area contributed by atoms with Crippen LogP contribution in [0.3, 0.4) is 0 Å². The van der Waals surface area contributed by atoms with Crippen molar-refractivity contribution in [1.82, 2.24) is 4.90 Å². The largest absolute Gasteiger partial charge is 0.469 e. The molecule has 0 bridgehead atoms. The van der Waals surface area contributed by atoms with Crippen LogP contribution in [0.5, 0.6) is 0 Å². The molecule has 0 radical (unpaired) electrons. The van der Waals surface area contributed by atoms with Crippen LogP contribution < -0.4 is 10.4 Å². The third-order valence-corrected chi connectivity index (χ3v) is 12.9. The molecular formula is C33H35NO6Si. The summed E-state index contributed by atoms with van der Waals surface area (Å²) < 4.78 is 18.4. The summed E-state index contributed by atoms with van der Waals surface area (Å²) >= 11 is 0. The summed E-state index contributed by atoms with van der Waals surface area (Å²) in [6.45, 7) is 6.65. The minimum absolute atomic E-state index is 0.0115. The average Bonchev–Trinajstić information content (AvgIpc) is 3.23. The van der Waals surface area contributed by atoms with Crippen molar-refractivity contribution in [2.75, 3.05) is 13.7 Å². The van der Waals surface area contributed by atoms with Gasteiger partial charge in [-0.15, -0.1) is 0 Å². The van der Waals surface area contributed by atoms with Gasteiger partial charge in [-0.05, 0) is 27.5 Å². The summed E-state index contributed by atoms with van der Waals surface area (Å²) in [5, 5.41) is 1.93. The Bertz CT molecular complexity index is 1370. The molecule has 212 valence electrons. The molecule has 3 atom stereocenters. The van der Waals surface area contributed by atoms with Crippen LogP contribution in [-0.4, -0.2) is 63.0 Å². The predicted octanol–water partition coefficient (Wildman–Crippen LogP) is 4.11. The zero-order chi connectivity index (χ0) is 29.2. The molecule has 2 heterocycles. The molecule has 3 aromatic carbocycles. The van der Waals surface area contributed by atoms with E-state index >= 15 is 0 Å². The SMILES string of the molecule is COC(=O)C[C@H]1C=C[C@H](N2C(=O)c3ccccc3C2=O)[C@@H](CO[Si](c2ccccc2)(c2ccccc2)C(C)(C)C)O1. The second-order valence-corrected chi connectivity index (χ2v) is 15.7. The number of imide groups is 1.